The predicted molar refractivity (Wildman–Crippen MR) is 67.2 cm³/mol. The van der Waals surface area contributed by atoms with Gasteiger partial charge in [0.05, 0.1) is 12.0 Å². The van der Waals surface area contributed by atoms with E-state index in [0.717, 1.165) is 12.1 Å². The summed E-state index contributed by atoms with van der Waals surface area (Å²) < 4.78 is 52.8. The molecule has 0 saturated carbocycles. The SMILES string of the molecule is O=C1CC(O)(C(F)(F)F)c2c(-c3ccc(F)cc3)n[nH]c2N1. The number of alkyl halides is 3. The van der Waals surface area contributed by atoms with Crippen LogP contribution in [0.1, 0.15) is 12.0 Å². The van der Waals surface area contributed by atoms with Crippen LogP contribution in [-0.2, 0) is 10.4 Å². The Morgan fingerprint density at radius 1 is 1.23 bits per heavy atom. The summed E-state index contributed by atoms with van der Waals surface area (Å²) in [6.07, 6.45) is -6.24. The molecule has 116 valence electrons. The fourth-order valence-corrected chi connectivity index (χ4v) is 2.40. The van der Waals surface area contributed by atoms with Crippen LogP contribution in [0.15, 0.2) is 24.3 Å². The number of amides is 1. The van der Waals surface area contributed by atoms with Gasteiger partial charge in [-0.3, -0.25) is 9.89 Å². The zero-order chi connectivity index (χ0) is 16.1. The van der Waals surface area contributed by atoms with Gasteiger partial charge in [0, 0.05) is 5.56 Å². The minimum Gasteiger partial charge on any atom is -0.376 e. The predicted octanol–water partition coefficient (Wildman–Crippen LogP) is 2.31. The molecular weight excluding hydrogens is 306 g/mol. The molecule has 3 rings (SSSR count). The van der Waals surface area contributed by atoms with Crippen molar-refractivity contribution in [3.05, 3.63) is 35.6 Å². The number of nitrogens with one attached hydrogen (secondary N) is 2. The van der Waals surface area contributed by atoms with E-state index >= 15 is 0 Å². The highest BCUT2D eigenvalue weighted by Crippen LogP contribution is 2.49. The summed E-state index contributed by atoms with van der Waals surface area (Å²) in [6.45, 7) is 0. The normalized spacial score (nSPS) is 21.4. The van der Waals surface area contributed by atoms with E-state index in [2.05, 4.69) is 15.5 Å². The number of aromatic amines is 1. The Morgan fingerprint density at radius 3 is 2.45 bits per heavy atom. The first kappa shape index (κ1) is 14.5. The molecule has 22 heavy (non-hydrogen) atoms. The second-order valence-electron chi connectivity index (χ2n) is 4.91. The van der Waals surface area contributed by atoms with Gasteiger partial charge in [0.1, 0.15) is 17.3 Å². The van der Waals surface area contributed by atoms with Gasteiger partial charge in [-0.05, 0) is 24.3 Å². The van der Waals surface area contributed by atoms with Crippen LogP contribution in [0.2, 0.25) is 0 Å². The third kappa shape index (κ3) is 2.05. The lowest BCUT2D eigenvalue weighted by Gasteiger charge is -2.33. The summed E-state index contributed by atoms with van der Waals surface area (Å²) in [5.74, 6) is -1.87. The Morgan fingerprint density at radius 2 is 1.86 bits per heavy atom. The molecule has 1 aromatic carbocycles. The second-order valence-corrected chi connectivity index (χ2v) is 4.91. The van der Waals surface area contributed by atoms with Crippen LogP contribution in [0, 0.1) is 5.82 Å². The molecule has 9 heteroatoms. The van der Waals surface area contributed by atoms with E-state index in [1.165, 1.54) is 12.1 Å². The van der Waals surface area contributed by atoms with Crippen molar-refractivity contribution in [1.29, 1.82) is 0 Å². The highest BCUT2D eigenvalue weighted by Gasteiger charge is 2.60. The summed E-state index contributed by atoms with van der Waals surface area (Å²) in [5.41, 5.74) is -3.96. The van der Waals surface area contributed by atoms with Gasteiger partial charge in [-0.2, -0.15) is 18.3 Å². The number of benzene rings is 1. The number of fused-ring (bicyclic) bond motifs is 1. The fraction of sp³-hybridized carbons (Fsp3) is 0.231. The van der Waals surface area contributed by atoms with Crippen LogP contribution in [0.4, 0.5) is 23.4 Å². The van der Waals surface area contributed by atoms with Gasteiger partial charge in [0.2, 0.25) is 5.91 Å². The maximum absolute atomic E-state index is 13.3. The molecule has 1 aromatic heterocycles. The summed E-state index contributed by atoms with van der Waals surface area (Å²) in [4.78, 5) is 11.4. The molecule has 1 amide bonds. The van der Waals surface area contributed by atoms with Crippen molar-refractivity contribution in [2.45, 2.75) is 18.2 Å². The first-order valence-electron chi connectivity index (χ1n) is 6.16. The van der Waals surface area contributed by atoms with Gasteiger partial charge in [-0.15, -0.1) is 0 Å². The summed E-state index contributed by atoms with van der Waals surface area (Å²) in [5, 5.41) is 18.3. The van der Waals surface area contributed by atoms with Crippen LogP contribution in [0.25, 0.3) is 11.3 Å². The van der Waals surface area contributed by atoms with E-state index in [9.17, 15) is 27.5 Å². The molecule has 1 aliphatic rings. The number of nitrogens with zero attached hydrogens (tertiary/aromatic N) is 1. The first-order chi connectivity index (χ1) is 10.2. The number of halogens is 4. The molecule has 0 bridgehead atoms. The Hall–Kier alpha value is -2.42. The van der Waals surface area contributed by atoms with Gasteiger partial charge in [-0.25, -0.2) is 4.39 Å². The van der Waals surface area contributed by atoms with Gasteiger partial charge < -0.3 is 10.4 Å². The van der Waals surface area contributed by atoms with Gasteiger partial charge >= 0.3 is 6.18 Å². The van der Waals surface area contributed by atoms with Crippen molar-refractivity contribution < 1.29 is 27.5 Å². The van der Waals surface area contributed by atoms with E-state index in [1.54, 1.807) is 0 Å². The van der Waals surface area contributed by atoms with E-state index < -0.39 is 35.5 Å². The van der Waals surface area contributed by atoms with E-state index in [0.29, 0.717) is 0 Å². The Bertz CT molecular complexity index is 739. The molecule has 3 N–H and O–H groups in total. The number of carbonyl (C=O) groups is 1. The van der Waals surface area contributed by atoms with Crippen LogP contribution < -0.4 is 5.32 Å². The average Bonchev–Trinajstić information content (AvgIpc) is 2.82. The van der Waals surface area contributed by atoms with Crippen LogP contribution in [-0.4, -0.2) is 27.4 Å². The monoisotopic (exact) mass is 315 g/mol. The third-order valence-corrected chi connectivity index (χ3v) is 3.45. The maximum atomic E-state index is 13.3. The molecule has 5 nitrogen and oxygen atoms in total. The molecule has 2 heterocycles. The van der Waals surface area contributed by atoms with Crippen molar-refractivity contribution in [3.8, 4) is 11.3 Å². The van der Waals surface area contributed by atoms with Crippen molar-refractivity contribution in [2.24, 2.45) is 0 Å². The lowest BCUT2D eigenvalue weighted by Crippen LogP contribution is -2.48. The molecule has 0 aliphatic carbocycles. The maximum Gasteiger partial charge on any atom is 0.422 e. The topological polar surface area (TPSA) is 78.0 Å². The molecule has 1 atom stereocenters. The standard InChI is InChI=1S/C13H9F4N3O2/c14-7-3-1-6(2-4-7)10-9-11(20-19-10)18-8(21)5-12(9,22)13(15,16)17/h1-4,22H,5H2,(H2,18,19,20,21). The minimum atomic E-state index is -5.07. The number of carbonyl (C=O) groups excluding carboxylic acids is 1. The summed E-state index contributed by atoms with van der Waals surface area (Å²) in [6, 6.07) is 4.59. The third-order valence-electron chi connectivity index (χ3n) is 3.45. The largest absolute Gasteiger partial charge is 0.422 e. The number of anilines is 1. The van der Waals surface area contributed by atoms with E-state index in [4.69, 9.17) is 0 Å². The van der Waals surface area contributed by atoms with Crippen molar-refractivity contribution in [2.75, 3.05) is 5.32 Å². The molecule has 1 aliphatic heterocycles. The molecule has 0 saturated heterocycles. The van der Waals surface area contributed by atoms with E-state index in [-0.39, 0.29) is 17.1 Å². The van der Waals surface area contributed by atoms with Crippen molar-refractivity contribution in [1.82, 2.24) is 10.2 Å². The quantitative estimate of drug-likeness (QED) is 0.707. The van der Waals surface area contributed by atoms with E-state index in [1.807, 2.05) is 0 Å². The Labute approximate surface area is 121 Å². The number of aliphatic hydroxyl groups is 1. The highest BCUT2D eigenvalue weighted by atomic mass is 19.4. The van der Waals surface area contributed by atoms with Gasteiger partial charge in [0.25, 0.3) is 0 Å². The average molecular weight is 315 g/mol. The van der Waals surface area contributed by atoms with Crippen LogP contribution >= 0.6 is 0 Å². The summed E-state index contributed by atoms with van der Waals surface area (Å²) in [7, 11) is 0. The van der Waals surface area contributed by atoms with Crippen LogP contribution in [0.5, 0.6) is 0 Å². The van der Waals surface area contributed by atoms with Gasteiger partial charge in [-0.1, -0.05) is 0 Å². The first-order valence-corrected chi connectivity index (χ1v) is 6.16. The number of rotatable bonds is 1. The van der Waals surface area contributed by atoms with Crippen LogP contribution in [0.3, 0.4) is 0 Å². The molecule has 2 aromatic rings. The Kier molecular flexibility index (Phi) is 2.99. The minimum absolute atomic E-state index is 0.178. The lowest BCUT2D eigenvalue weighted by molar-refractivity contribution is -0.267. The smallest absolute Gasteiger partial charge is 0.376 e. The number of hydrogen-bond donors (Lipinski definition) is 3. The number of aromatic nitrogens is 2. The molecule has 0 spiro atoms. The number of H-pyrrole nitrogens is 1. The second kappa shape index (κ2) is 4.54. The zero-order valence-electron chi connectivity index (χ0n) is 10.8. The van der Waals surface area contributed by atoms with Gasteiger partial charge in [0.15, 0.2) is 5.60 Å². The number of hydrogen-bond acceptors (Lipinski definition) is 3. The summed E-state index contributed by atoms with van der Waals surface area (Å²) >= 11 is 0. The van der Waals surface area contributed by atoms with Crippen molar-refractivity contribution in [3.63, 3.8) is 0 Å². The molecule has 0 radical (unpaired) electrons. The fourth-order valence-electron chi connectivity index (χ4n) is 2.40. The van der Waals surface area contributed by atoms with Crippen molar-refractivity contribution >= 4 is 11.7 Å². The molecule has 1 unspecified atom stereocenters. The lowest BCUT2D eigenvalue weighted by atomic mass is 9.85. The molecular formula is C13H9F4N3O2. The zero-order valence-corrected chi connectivity index (χ0v) is 10.8. The molecule has 0 fully saturated rings. The Balaban J connectivity index is 2.22. The highest BCUT2D eigenvalue weighted by molar-refractivity contribution is 5.96.